The van der Waals surface area contributed by atoms with Crippen LogP contribution in [-0.2, 0) is 6.61 Å². The van der Waals surface area contributed by atoms with Crippen molar-refractivity contribution in [2.75, 3.05) is 12.4 Å². The lowest BCUT2D eigenvalue weighted by Gasteiger charge is -2.20. The van der Waals surface area contributed by atoms with E-state index < -0.39 is 12.4 Å². The van der Waals surface area contributed by atoms with Gasteiger partial charge < -0.3 is 19.9 Å². The van der Waals surface area contributed by atoms with Crippen molar-refractivity contribution in [3.8, 4) is 11.5 Å². The average Bonchev–Trinajstić information content (AvgIpc) is 2.53. The van der Waals surface area contributed by atoms with Crippen molar-refractivity contribution in [3.63, 3.8) is 0 Å². The molecule has 1 atom stereocenters. The Labute approximate surface area is 137 Å². The zero-order valence-corrected chi connectivity index (χ0v) is 13.2. The Balaban J connectivity index is 2.23. The lowest BCUT2D eigenvalue weighted by atomic mass is 10.1. The Kier molecular flexibility index (Phi) is 5.56. The molecule has 0 bridgehead atoms. The quantitative estimate of drug-likeness (QED) is 0.824. The molecule has 24 heavy (non-hydrogen) atoms. The molecule has 0 radical (unpaired) electrons. The molecule has 0 spiro atoms. The van der Waals surface area contributed by atoms with Crippen molar-refractivity contribution in [3.05, 3.63) is 53.6 Å². The Hall–Kier alpha value is -2.41. The van der Waals surface area contributed by atoms with Crippen LogP contribution in [0.1, 0.15) is 24.1 Å². The normalized spacial score (nSPS) is 12.6. The average molecular weight is 341 g/mol. The highest BCUT2D eigenvalue weighted by Gasteiger charge is 2.32. The number of aliphatic hydroxyl groups is 1. The van der Waals surface area contributed by atoms with Crippen LogP contribution < -0.4 is 14.8 Å². The number of aliphatic hydroxyl groups excluding tert-OH is 1. The van der Waals surface area contributed by atoms with Crippen LogP contribution in [0.3, 0.4) is 0 Å². The summed E-state index contributed by atoms with van der Waals surface area (Å²) in [6, 6.07) is 10.6. The summed E-state index contributed by atoms with van der Waals surface area (Å²) in [7, 11) is 1.49. The van der Waals surface area contributed by atoms with Gasteiger partial charge in [0.15, 0.2) is 0 Å². The first-order valence-electron chi connectivity index (χ1n) is 7.23. The summed E-state index contributed by atoms with van der Waals surface area (Å²) in [6.45, 7) is 1.52. The van der Waals surface area contributed by atoms with E-state index in [2.05, 4.69) is 10.1 Å². The molecule has 0 aliphatic heterocycles. The van der Waals surface area contributed by atoms with Crippen LogP contribution >= 0.6 is 0 Å². The van der Waals surface area contributed by atoms with Crippen molar-refractivity contribution in [1.82, 2.24) is 0 Å². The molecule has 0 saturated heterocycles. The molecule has 1 unspecified atom stereocenters. The van der Waals surface area contributed by atoms with E-state index in [1.807, 2.05) is 0 Å². The van der Waals surface area contributed by atoms with Crippen molar-refractivity contribution >= 4 is 5.69 Å². The molecule has 2 N–H and O–H groups in total. The molecule has 2 aromatic carbocycles. The second-order valence-corrected chi connectivity index (χ2v) is 5.14. The standard InChI is InChI=1S/C17H18F3NO3/c1-11(14-5-3-4-6-16(14)24-17(18,19)20)21-13-7-8-15(23-2)12(9-13)10-22/h3-9,11,21-22H,10H2,1-2H3. The highest BCUT2D eigenvalue weighted by Crippen LogP contribution is 2.32. The lowest BCUT2D eigenvalue weighted by molar-refractivity contribution is -0.274. The summed E-state index contributed by atoms with van der Waals surface area (Å²) in [6.07, 6.45) is -4.75. The summed E-state index contributed by atoms with van der Waals surface area (Å²) >= 11 is 0. The third-order valence-electron chi connectivity index (χ3n) is 3.45. The Morgan fingerprint density at radius 3 is 2.46 bits per heavy atom. The molecule has 7 heteroatoms. The van der Waals surface area contributed by atoms with E-state index in [0.717, 1.165) is 0 Å². The number of hydrogen-bond acceptors (Lipinski definition) is 4. The van der Waals surface area contributed by atoms with Crippen LogP contribution in [0.4, 0.5) is 18.9 Å². The Bertz CT molecular complexity index is 689. The topological polar surface area (TPSA) is 50.7 Å². The van der Waals surface area contributed by atoms with Crippen LogP contribution in [0, 0.1) is 0 Å². The van der Waals surface area contributed by atoms with Gasteiger partial charge in [-0.2, -0.15) is 0 Å². The molecule has 0 aliphatic rings. The second kappa shape index (κ2) is 7.44. The van der Waals surface area contributed by atoms with Crippen LogP contribution in [-0.4, -0.2) is 18.6 Å². The van der Waals surface area contributed by atoms with E-state index in [1.165, 1.54) is 19.2 Å². The molecular weight excluding hydrogens is 323 g/mol. The van der Waals surface area contributed by atoms with Crippen LogP contribution in [0.5, 0.6) is 11.5 Å². The number of ether oxygens (including phenoxy) is 2. The van der Waals surface area contributed by atoms with Gasteiger partial charge in [0.2, 0.25) is 0 Å². The summed E-state index contributed by atoms with van der Waals surface area (Å²) in [4.78, 5) is 0. The van der Waals surface area contributed by atoms with Crippen LogP contribution in [0.25, 0.3) is 0 Å². The number of rotatable bonds is 6. The summed E-state index contributed by atoms with van der Waals surface area (Å²) in [5.41, 5.74) is 1.60. The fourth-order valence-electron chi connectivity index (χ4n) is 2.38. The third-order valence-corrected chi connectivity index (χ3v) is 3.45. The van der Waals surface area contributed by atoms with Gasteiger partial charge in [-0.25, -0.2) is 0 Å². The number of benzene rings is 2. The van der Waals surface area contributed by atoms with Crippen molar-refractivity contribution in [1.29, 1.82) is 0 Å². The van der Waals surface area contributed by atoms with E-state index in [4.69, 9.17) is 4.74 Å². The minimum absolute atomic E-state index is 0.207. The molecular formula is C17H18F3NO3. The maximum Gasteiger partial charge on any atom is 0.573 e. The van der Waals surface area contributed by atoms with E-state index >= 15 is 0 Å². The molecule has 0 aliphatic carbocycles. The van der Waals surface area contributed by atoms with Gasteiger partial charge >= 0.3 is 6.36 Å². The molecule has 4 nitrogen and oxygen atoms in total. The smallest absolute Gasteiger partial charge is 0.496 e. The molecule has 0 fully saturated rings. The summed E-state index contributed by atoms with van der Waals surface area (Å²) in [5, 5.41) is 12.4. The number of methoxy groups -OCH3 is 1. The van der Waals surface area contributed by atoms with Gasteiger partial charge in [-0.05, 0) is 31.2 Å². The zero-order valence-electron chi connectivity index (χ0n) is 13.2. The van der Waals surface area contributed by atoms with Crippen molar-refractivity contribution in [2.24, 2.45) is 0 Å². The van der Waals surface area contributed by atoms with Crippen molar-refractivity contribution in [2.45, 2.75) is 25.9 Å². The minimum Gasteiger partial charge on any atom is -0.496 e. The van der Waals surface area contributed by atoms with Gasteiger partial charge in [-0.3, -0.25) is 0 Å². The first-order chi connectivity index (χ1) is 11.3. The number of alkyl halides is 3. The number of halogens is 3. The van der Waals surface area contributed by atoms with Gasteiger partial charge in [-0.15, -0.1) is 13.2 Å². The monoisotopic (exact) mass is 341 g/mol. The van der Waals surface area contributed by atoms with Gasteiger partial charge in [0.1, 0.15) is 11.5 Å². The fourth-order valence-corrected chi connectivity index (χ4v) is 2.38. The van der Waals surface area contributed by atoms with Crippen LogP contribution in [0.15, 0.2) is 42.5 Å². The van der Waals surface area contributed by atoms with Crippen molar-refractivity contribution < 1.29 is 27.8 Å². The molecule has 2 rings (SSSR count). The van der Waals surface area contributed by atoms with Gasteiger partial charge in [0, 0.05) is 16.8 Å². The number of nitrogens with one attached hydrogen (secondary N) is 1. The number of hydrogen-bond donors (Lipinski definition) is 2. The lowest BCUT2D eigenvalue weighted by Crippen LogP contribution is -2.19. The summed E-state index contributed by atoms with van der Waals surface area (Å²) in [5.74, 6) is 0.289. The van der Waals surface area contributed by atoms with Gasteiger partial charge in [0.05, 0.1) is 19.8 Å². The van der Waals surface area contributed by atoms with Gasteiger partial charge in [0.25, 0.3) is 0 Å². The van der Waals surface area contributed by atoms with E-state index in [-0.39, 0.29) is 12.4 Å². The molecule has 0 aromatic heterocycles. The fraction of sp³-hybridized carbons (Fsp3) is 0.294. The first kappa shape index (κ1) is 17.9. The predicted octanol–water partition coefficient (Wildman–Crippen LogP) is 4.26. The predicted molar refractivity (Wildman–Crippen MR) is 84.1 cm³/mol. The molecule has 0 saturated carbocycles. The maximum atomic E-state index is 12.5. The Morgan fingerprint density at radius 2 is 1.83 bits per heavy atom. The Morgan fingerprint density at radius 1 is 1.12 bits per heavy atom. The highest BCUT2D eigenvalue weighted by atomic mass is 19.4. The van der Waals surface area contributed by atoms with Crippen LogP contribution in [0.2, 0.25) is 0 Å². The molecule has 0 heterocycles. The zero-order chi connectivity index (χ0) is 17.7. The maximum absolute atomic E-state index is 12.5. The van der Waals surface area contributed by atoms with E-state index in [0.29, 0.717) is 22.6 Å². The number of para-hydroxylation sites is 1. The molecule has 130 valence electrons. The summed E-state index contributed by atoms with van der Waals surface area (Å²) < 4.78 is 46.7. The third kappa shape index (κ3) is 4.55. The number of anilines is 1. The first-order valence-corrected chi connectivity index (χ1v) is 7.23. The second-order valence-electron chi connectivity index (χ2n) is 5.14. The SMILES string of the molecule is COc1ccc(NC(C)c2ccccc2OC(F)(F)F)cc1CO. The van der Waals surface area contributed by atoms with E-state index in [9.17, 15) is 18.3 Å². The largest absolute Gasteiger partial charge is 0.573 e. The van der Waals surface area contributed by atoms with E-state index in [1.54, 1.807) is 37.3 Å². The highest BCUT2D eigenvalue weighted by molar-refractivity contribution is 5.53. The molecule has 2 aromatic rings. The minimum atomic E-state index is -4.75. The van der Waals surface area contributed by atoms with Gasteiger partial charge in [-0.1, -0.05) is 18.2 Å². The molecule has 0 amide bonds.